The van der Waals surface area contributed by atoms with Gasteiger partial charge in [0.15, 0.2) is 0 Å². The number of hydrogen-bond donors (Lipinski definition) is 5. The zero-order valence-electron chi connectivity index (χ0n) is 37.4. The first-order chi connectivity index (χ1) is 31.1. The van der Waals surface area contributed by atoms with Gasteiger partial charge in [-0.3, -0.25) is 34.2 Å². The maximum absolute atomic E-state index is 13.6. The van der Waals surface area contributed by atoms with E-state index in [1.807, 2.05) is 36.1 Å². The van der Waals surface area contributed by atoms with Gasteiger partial charge in [0.2, 0.25) is 33.7 Å². The van der Waals surface area contributed by atoms with Crippen LogP contribution in [0.2, 0.25) is 0 Å². The third-order valence-electron chi connectivity index (χ3n) is 11.6. The summed E-state index contributed by atoms with van der Waals surface area (Å²) in [5.41, 5.74) is 3.56. The zero-order valence-corrected chi connectivity index (χ0v) is 38.2. The lowest BCUT2D eigenvalue weighted by Gasteiger charge is -2.38. The van der Waals surface area contributed by atoms with Crippen LogP contribution in [-0.4, -0.2) is 102 Å². The van der Waals surface area contributed by atoms with E-state index in [0.29, 0.717) is 54.6 Å². The van der Waals surface area contributed by atoms with E-state index in [0.717, 1.165) is 67.0 Å². The van der Waals surface area contributed by atoms with Gasteiger partial charge >= 0.3 is 0 Å². The Morgan fingerprint density at radius 1 is 0.846 bits per heavy atom. The molecular weight excluding hydrogens is 849 g/mol. The number of aromatic nitrogens is 2. The fourth-order valence-electron chi connectivity index (χ4n) is 8.27. The number of unbranched alkanes of at least 4 members (excludes halogenated alkanes) is 4. The summed E-state index contributed by atoms with van der Waals surface area (Å²) in [4.78, 5) is 78.8. The highest BCUT2D eigenvalue weighted by Crippen LogP contribution is 2.31. The van der Waals surface area contributed by atoms with Crippen molar-refractivity contribution in [2.24, 2.45) is 0 Å². The van der Waals surface area contributed by atoms with Crippen molar-refractivity contribution in [2.75, 3.05) is 48.3 Å². The summed E-state index contributed by atoms with van der Waals surface area (Å²) < 4.78 is 28.5. The van der Waals surface area contributed by atoms with Gasteiger partial charge in [0, 0.05) is 78.9 Å². The number of rotatable bonds is 17. The highest BCUT2D eigenvalue weighted by molar-refractivity contribution is 7.89. The van der Waals surface area contributed by atoms with Gasteiger partial charge in [-0.25, -0.2) is 18.1 Å². The monoisotopic (exact) mass is 906 g/mol. The first-order valence-electron chi connectivity index (χ1n) is 22.2. The van der Waals surface area contributed by atoms with Crippen molar-refractivity contribution < 1.29 is 32.4 Å². The van der Waals surface area contributed by atoms with Gasteiger partial charge in [-0.2, -0.15) is 4.98 Å². The van der Waals surface area contributed by atoms with Crippen molar-refractivity contribution in [1.29, 1.82) is 0 Å². The van der Waals surface area contributed by atoms with Crippen LogP contribution in [0, 0.1) is 6.92 Å². The summed E-state index contributed by atoms with van der Waals surface area (Å²) >= 11 is 0. The highest BCUT2D eigenvalue weighted by Gasteiger charge is 2.45. The van der Waals surface area contributed by atoms with Gasteiger partial charge in [-0.1, -0.05) is 43.5 Å². The molecule has 2 saturated heterocycles. The highest BCUT2D eigenvalue weighted by atomic mass is 32.2. The molecule has 4 aromatic rings. The SMILES string of the molecule is Cc1cnc(Nc2ccc(N3CCN(C(=O)CCCCCCCNC4C(=O)N(C5CCC(=O)NC5=O)C(=O)c5ccccc54)CC3)cc2)nc1Nc1cccc(S(=O)(=O)NC(C)(C)C)c1. The molecule has 3 aliphatic rings. The van der Waals surface area contributed by atoms with E-state index in [9.17, 15) is 32.4 Å². The van der Waals surface area contributed by atoms with E-state index >= 15 is 0 Å². The number of amides is 5. The maximum atomic E-state index is 13.6. The summed E-state index contributed by atoms with van der Waals surface area (Å²) in [6.45, 7) is 10.5. The fourth-order valence-corrected chi connectivity index (χ4v) is 9.73. The predicted molar refractivity (Wildman–Crippen MR) is 247 cm³/mol. The number of carbonyl (C=O) groups is 5. The number of piperazine rings is 1. The smallest absolute Gasteiger partial charge is 0.261 e. The van der Waals surface area contributed by atoms with Crippen molar-refractivity contribution in [3.63, 3.8) is 0 Å². The van der Waals surface area contributed by atoms with Crippen LogP contribution in [-0.2, 0) is 29.2 Å². The van der Waals surface area contributed by atoms with E-state index < -0.39 is 51.3 Å². The third-order valence-corrected chi connectivity index (χ3v) is 13.3. The van der Waals surface area contributed by atoms with Crippen LogP contribution in [0.25, 0.3) is 0 Å². The van der Waals surface area contributed by atoms with E-state index in [1.165, 1.54) is 0 Å². The molecule has 344 valence electrons. The predicted octanol–water partition coefficient (Wildman–Crippen LogP) is 5.46. The Morgan fingerprint density at radius 3 is 2.31 bits per heavy atom. The Labute approximate surface area is 380 Å². The standard InChI is InChI=1S/C47H58N10O7S/c1-31-30-49-46(53-42(31)50-33-13-12-14-35(29-33)65(63,64)54-47(2,3)4)51-32-18-20-34(21-19-32)55-25-27-56(28-26-55)40(59)17-8-6-5-7-11-24-48-41-36-15-9-10-16-37(36)44(61)57(45(41)62)38-22-23-39(58)52-43(38)60/h9-10,12-16,18-21,29-30,38,41,48,54H,5-8,11,17,22-28H2,1-4H3,(H,52,58,60)(H2,49,50,51,53). The van der Waals surface area contributed by atoms with Gasteiger partial charge in [-0.15, -0.1) is 0 Å². The molecule has 3 aromatic carbocycles. The summed E-state index contributed by atoms with van der Waals surface area (Å²) in [7, 11) is -3.71. The Balaban J connectivity index is 0.807. The number of benzene rings is 3. The van der Waals surface area contributed by atoms with Gasteiger partial charge in [0.05, 0.1) is 4.90 Å². The molecule has 65 heavy (non-hydrogen) atoms. The lowest BCUT2D eigenvalue weighted by Crippen LogP contribution is -2.60. The number of nitrogens with zero attached hydrogens (tertiary/aromatic N) is 5. The molecule has 0 bridgehead atoms. The Bertz CT molecular complexity index is 2520. The van der Waals surface area contributed by atoms with Crippen molar-refractivity contribution in [3.8, 4) is 0 Å². The molecule has 2 atom stereocenters. The van der Waals surface area contributed by atoms with E-state index in [-0.39, 0.29) is 23.6 Å². The second kappa shape index (κ2) is 20.3. The number of imide groups is 2. The number of aryl methyl sites for hydroxylation is 1. The van der Waals surface area contributed by atoms with Gasteiger partial charge in [0.25, 0.3) is 11.8 Å². The molecule has 18 heteroatoms. The van der Waals surface area contributed by atoms with Crippen LogP contribution >= 0.6 is 0 Å². The quantitative estimate of drug-likeness (QED) is 0.0659. The largest absolute Gasteiger partial charge is 0.368 e. The normalized spacial score (nSPS) is 18.1. The molecule has 5 amide bonds. The number of carbonyl (C=O) groups excluding carboxylic acids is 5. The minimum absolute atomic E-state index is 0.0642. The first kappa shape index (κ1) is 46.7. The molecule has 4 heterocycles. The fraction of sp³-hybridized carbons (Fsp3) is 0.426. The van der Waals surface area contributed by atoms with Crippen LogP contribution < -0.4 is 30.9 Å². The molecule has 5 N–H and O–H groups in total. The Hall–Kier alpha value is -6.24. The average molecular weight is 907 g/mol. The van der Waals surface area contributed by atoms with E-state index in [1.54, 1.807) is 75.5 Å². The minimum Gasteiger partial charge on any atom is -0.368 e. The molecule has 7 rings (SSSR count). The van der Waals surface area contributed by atoms with Crippen molar-refractivity contribution >= 4 is 68.4 Å². The van der Waals surface area contributed by atoms with Crippen LogP contribution in [0.4, 0.5) is 28.8 Å². The Morgan fingerprint density at radius 2 is 1.57 bits per heavy atom. The minimum atomic E-state index is -3.71. The molecule has 0 radical (unpaired) electrons. The van der Waals surface area contributed by atoms with Crippen LogP contribution in [0.3, 0.4) is 0 Å². The number of anilines is 5. The van der Waals surface area contributed by atoms with Crippen molar-refractivity contribution in [1.82, 2.24) is 35.1 Å². The van der Waals surface area contributed by atoms with Crippen molar-refractivity contribution in [3.05, 3.63) is 95.7 Å². The van der Waals surface area contributed by atoms with E-state index in [2.05, 4.69) is 40.9 Å². The molecular formula is C47H58N10O7S. The van der Waals surface area contributed by atoms with Gasteiger partial charge < -0.3 is 25.8 Å². The molecule has 2 unspecified atom stereocenters. The van der Waals surface area contributed by atoms with Crippen LogP contribution in [0.15, 0.2) is 83.9 Å². The molecule has 0 spiro atoms. The second-order valence-electron chi connectivity index (χ2n) is 17.7. The van der Waals surface area contributed by atoms with Crippen LogP contribution in [0.5, 0.6) is 0 Å². The summed E-state index contributed by atoms with van der Waals surface area (Å²) in [5.74, 6) is -0.966. The lowest BCUT2D eigenvalue weighted by molar-refractivity contribution is -0.144. The van der Waals surface area contributed by atoms with Gasteiger partial charge in [0.1, 0.15) is 17.9 Å². The molecule has 0 saturated carbocycles. The number of hydrogen-bond acceptors (Lipinski definition) is 13. The molecule has 3 aliphatic heterocycles. The molecule has 2 fully saturated rings. The van der Waals surface area contributed by atoms with Crippen molar-refractivity contribution in [2.45, 2.75) is 102 Å². The molecule has 1 aromatic heterocycles. The van der Waals surface area contributed by atoms with Gasteiger partial charge in [-0.05, 0) is 108 Å². The number of fused-ring (bicyclic) bond motifs is 1. The summed E-state index contributed by atoms with van der Waals surface area (Å²) in [5, 5.41) is 12.0. The lowest BCUT2D eigenvalue weighted by atomic mass is 9.91. The third kappa shape index (κ3) is 11.7. The Kier molecular flexibility index (Phi) is 14.6. The average Bonchev–Trinajstić information content (AvgIpc) is 3.27. The number of piperidine rings is 1. The zero-order chi connectivity index (χ0) is 46.3. The molecule has 0 aliphatic carbocycles. The van der Waals surface area contributed by atoms with E-state index in [4.69, 9.17) is 0 Å². The summed E-state index contributed by atoms with van der Waals surface area (Å²) in [6, 6.07) is 19.7. The maximum Gasteiger partial charge on any atom is 0.261 e. The van der Waals surface area contributed by atoms with Crippen LogP contribution in [0.1, 0.15) is 99.7 Å². The first-order valence-corrected chi connectivity index (χ1v) is 23.7. The summed E-state index contributed by atoms with van der Waals surface area (Å²) in [6.07, 6.45) is 6.72. The number of sulfonamides is 1. The molecule has 17 nitrogen and oxygen atoms in total. The second-order valence-corrected chi connectivity index (χ2v) is 19.4. The topological polar surface area (TPSA) is 215 Å². The number of nitrogens with one attached hydrogen (secondary N) is 5.